The third-order valence-corrected chi connectivity index (χ3v) is 8.52. The Morgan fingerprint density at radius 3 is 1.89 bits per heavy atom. The van der Waals surface area contributed by atoms with Gasteiger partial charge in [-0.2, -0.15) is 4.39 Å². The van der Waals surface area contributed by atoms with E-state index in [4.69, 9.17) is 4.74 Å². The predicted molar refractivity (Wildman–Crippen MR) is 137 cm³/mol. The first-order valence-electron chi connectivity index (χ1n) is 13.8. The van der Waals surface area contributed by atoms with Crippen LogP contribution in [0.25, 0.3) is 0 Å². The second-order valence-electron chi connectivity index (χ2n) is 10.8. The van der Waals surface area contributed by atoms with E-state index in [2.05, 4.69) is 0 Å². The van der Waals surface area contributed by atoms with Gasteiger partial charge in [-0.25, -0.2) is 22.0 Å². The Hall–Kier alpha value is -2.44. The molecule has 1 nitrogen and oxygen atoms in total. The molecule has 4 rings (SSSR count). The standard InChI is InChI=1S/C31H36F6O/c1-2-38-27-16-14-24(29(35)31(27)37)12-11-23-13-15-26(30(36)28(23)34)22-9-7-21(8-10-22)20-5-3-19(4-6-20)17-25(33)18-32/h13-17,19-22H,2-12,18H2,1H3/b25-17-. The molecule has 0 heterocycles. The van der Waals surface area contributed by atoms with Gasteiger partial charge in [0.15, 0.2) is 23.2 Å². The molecule has 2 fully saturated rings. The maximum atomic E-state index is 15.1. The van der Waals surface area contributed by atoms with Gasteiger partial charge in [-0.15, -0.1) is 0 Å². The minimum Gasteiger partial charge on any atom is -0.491 e. The highest BCUT2D eigenvalue weighted by atomic mass is 19.2. The summed E-state index contributed by atoms with van der Waals surface area (Å²) in [5.74, 6) is -3.56. The molecule has 2 aromatic rings. The molecule has 38 heavy (non-hydrogen) atoms. The lowest BCUT2D eigenvalue weighted by molar-refractivity contribution is 0.170. The smallest absolute Gasteiger partial charge is 0.200 e. The van der Waals surface area contributed by atoms with E-state index in [1.54, 1.807) is 19.1 Å². The summed E-state index contributed by atoms with van der Waals surface area (Å²) in [4.78, 5) is 0. The third-order valence-electron chi connectivity index (χ3n) is 8.52. The lowest BCUT2D eigenvalue weighted by Gasteiger charge is -2.37. The molecule has 7 heteroatoms. The van der Waals surface area contributed by atoms with Crippen molar-refractivity contribution >= 4 is 0 Å². The zero-order chi connectivity index (χ0) is 27.2. The molecule has 0 bridgehead atoms. The number of allylic oxidation sites excluding steroid dienone is 2. The highest BCUT2D eigenvalue weighted by molar-refractivity contribution is 5.33. The predicted octanol–water partition coefficient (Wildman–Crippen LogP) is 9.33. The summed E-state index contributed by atoms with van der Waals surface area (Å²) in [5.41, 5.74) is 0.618. The molecule has 0 spiro atoms. The average Bonchev–Trinajstić information content (AvgIpc) is 2.93. The first-order valence-corrected chi connectivity index (χ1v) is 13.8. The molecule has 0 atom stereocenters. The minimum absolute atomic E-state index is 0.0361. The van der Waals surface area contributed by atoms with E-state index in [0.717, 1.165) is 51.4 Å². The van der Waals surface area contributed by atoms with Crippen LogP contribution >= 0.6 is 0 Å². The van der Waals surface area contributed by atoms with E-state index >= 15 is 4.39 Å². The van der Waals surface area contributed by atoms with Gasteiger partial charge in [0.2, 0.25) is 5.82 Å². The van der Waals surface area contributed by atoms with E-state index in [1.165, 1.54) is 18.2 Å². The Morgan fingerprint density at radius 1 is 0.763 bits per heavy atom. The third kappa shape index (κ3) is 6.58. The van der Waals surface area contributed by atoms with Gasteiger partial charge in [0.05, 0.1) is 6.61 Å². The van der Waals surface area contributed by atoms with Crippen LogP contribution in [0.1, 0.15) is 80.9 Å². The van der Waals surface area contributed by atoms with Crippen molar-refractivity contribution in [1.29, 1.82) is 0 Å². The molecule has 2 saturated carbocycles. The highest BCUT2D eigenvalue weighted by Gasteiger charge is 2.32. The minimum atomic E-state index is -1.07. The Kier molecular flexibility index (Phi) is 9.83. The summed E-state index contributed by atoms with van der Waals surface area (Å²) in [5, 5.41) is 0. The molecule has 0 aromatic heterocycles. The van der Waals surface area contributed by atoms with E-state index in [0.29, 0.717) is 17.4 Å². The van der Waals surface area contributed by atoms with Crippen molar-refractivity contribution in [2.75, 3.05) is 13.3 Å². The van der Waals surface area contributed by atoms with E-state index in [9.17, 15) is 22.0 Å². The topological polar surface area (TPSA) is 9.23 Å². The quantitative estimate of drug-likeness (QED) is 0.289. The molecule has 2 aromatic carbocycles. The molecular formula is C31H36F6O. The van der Waals surface area contributed by atoms with Crippen molar-refractivity contribution in [2.45, 2.75) is 77.0 Å². The van der Waals surface area contributed by atoms with E-state index in [1.807, 2.05) is 0 Å². The highest BCUT2D eigenvalue weighted by Crippen LogP contribution is 2.45. The second-order valence-corrected chi connectivity index (χ2v) is 10.8. The van der Waals surface area contributed by atoms with Crippen molar-refractivity contribution < 1.29 is 31.1 Å². The molecule has 0 N–H and O–H groups in total. The summed E-state index contributed by atoms with van der Waals surface area (Å²) in [6.07, 6.45) is 8.70. The van der Waals surface area contributed by atoms with Crippen molar-refractivity contribution in [3.8, 4) is 5.75 Å². The van der Waals surface area contributed by atoms with Gasteiger partial charge in [-0.05, 0) is 124 Å². The van der Waals surface area contributed by atoms with Gasteiger partial charge in [0.25, 0.3) is 0 Å². The number of halogens is 6. The zero-order valence-corrected chi connectivity index (χ0v) is 21.9. The van der Waals surface area contributed by atoms with Crippen LogP contribution in [0.2, 0.25) is 0 Å². The van der Waals surface area contributed by atoms with Gasteiger partial charge in [0.1, 0.15) is 12.5 Å². The van der Waals surface area contributed by atoms with Crippen LogP contribution in [0.4, 0.5) is 26.3 Å². The van der Waals surface area contributed by atoms with Crippen LogP contribution in [0.5, 0.6) is 5.75 Å². The van der Waals surface area contributed by atoms with Gasteiger partial charge in [-0.1, -0.05) is 18.2 Å². The number of hydrogen-bond donors (Lipinski definition) is 0. The van der Waals surface area contributed by atoms with Crippen LogP contribution < -0.4 is 4.74 Å². The van der Waals surface area contributed by atoms with E-state index < -0.39 is 35.8 Å². The summed E-state index contributed by atoms with van der Waals surface area (Å²) in [7, 11) is 0. The van der Waals surface area contributed by atoms with Crippen molar-refractivity contribution in [3.63, 3.8) is 0 Å². The molecule has 208 valence electrons. The molecular weight excluding hydrogens is 502 g/mol. The van der Waals surface area contributed by atoms with Crippen molar-refractivity contribution in [2.24, 2.45) is 17.8 Å². The fourth-order valence-corrected chi connectivity index (χ4v) is 6.40. The maximum Gasteiger partial charge on any atom is 0.200 e. The fourth-order valence-electron chi connectivity index (χ4n) is 6.40. The molecule has 0 unspecified atom stereocenters. The monoisotopic (exact) mass is 538 g/mol. The molecule has 0 amide bonds. The average molecular weight is 539 g/mol. The molecule has 2 aliphatic carbocycles. The Morgan fingerprint density at radius 2 is 1.32 bits per heavy atom. The normalized spacial score (nSPS) is 24.4. The van der Waals surface area contributed by atoms with Gasteiger partial charge in [0, 0.05) is 0 Å². The Labute approximate surface area is 221 Å². The Bertz CT molecular complexity index is 1110. The largest absolute Gasteiger partial charge is 0.491 e. The summed E-state index contributed by atoms with van der Waals surface area (Å²) in [6, 6.07) is 5.97. The summed E-state index contributed by atoms with van der Waals surface area (Å²) >= 11 is 0. The van der Waals surface area contributed by atoms with E-state index in [-0.39, 0.29) is 48.2 Å². The fraction of sp³-hybridized carbons (Fsp3) is 0.548. The van der Waals surface area contributed by atoms with Crippen LogP contribution in [-0.2, 0) is 12.8 Å². The van der Waals surface area contributed by atoms with Gasteiger partial charge < -0.3 is 4.74 Å². The van der Waals surface area contributed by atoms with Crippen LogP contribution in [0, 0.1) is 41.0 Å². The van der Waals surface area contributed by atoms with Crippen LogP contribution in [0.15, 0.2) is 36.2 Å². The Balaban J connectivity index is 1.32. The summed E-state index contributed by atoms with van der Waals surface area (Å²) in [6.45, 7) is 0.839. The van der Waals surface area contributed by atoms with Gasteiger partial charge >= 0.3 is 0 Å². The number of aryl methyl sites for hydroxylation is 2. The number of benzene rings is 2. The SMILES string of the molecule is CCOc1ccc(CCc2ccc(C3CCC(C4CCC(/C=C(\F)CF)CC4)CC3)c(F)c2F)c(F)c1F. The molecule has 0 aliphatic heterocycles. The van der Waals surface area contributed by atoms with Crippen LogP contribution in [-0.4, -0.2) is 13.3 Å². The first-order chi connectivity index (χ1) is 18.3. The second kappa shape index (κ2) is 13.1. The first kappa shape index (κ1) is 28.6. The van der Waals surface area contributed by atoms with Crippen molar-refractivity contribution in [3.05, 3.63) is 76.1 Å². The number of alkyl halides is 1. The molecule has 0 saturated heterocycles. The summed E-state index contributed by atoms with van der Waals surface area (Å²) < 4.78 is 89.3. The zero-order valence-electron chi connectivity index (χ0n) is 21.9. The molecule has 0 radical (unpaired) electrons. The van der Waals surface area contributed by atoms with Crippen LogP contribution in [0.3, 0.4) is 0 Å². The van der Waals surface area contributed by atoms with Crippen molar-refractivity contribution in [1.82, 2.24) is 0 Å². The number of hydrogen-bond acceptors (Lipinski definition) is 1. The van der Waals surface area contributed by atoms with Gasteiger partial charge in [-0.3, -0.25) is 0 Å². The maximum absolute atomic E-state index is 15.1. The molecule has 2 aliphatic rings. The number of rotatable bonds is 9. The lowest BCUT2D eigenvalue weighted by atomic mass is 9.68. The lowest BCUT2D eigenvalue weighted by Crippen LogP contribution is -2.25. The number of ether oxygens (including phenoxy) is 1.